The fourth-order valence-corrected chi connectivity index (χ4v) is 4.51. The molecule has 0 aliphatic rings. The molecule has 10 heteroatoms. The molecule has 2 heterocycles. The Balaban J connectivity index is 1.41. The Labute approximate surface area is 227 Å². The molecular weight excluding hydrogens is 521 g/mol. The lowest BCUT2D eigenvalue weighted by molar-refractivity contribution is -0.384. The van der Waals surface area contributed by atoms with Crippen molar-refractivity contribution in [1.82, 2.24) is 14.7 Å². The number of amides is 1. The maximum Gasteiger partial charge on any atom is 0.416 e. The van der Waals surface area contributed by atoms with Gasteiger partial charge in [-0.05, 0) is 47.4 Å². The standard InChI is InChI=1S/C30H23F3N4O3/c31-30(32,33)24-10-4-6-20(16-24)18-34-28(38)15-13-26-29(21-7-2-1-3-8-21)35-27-14-12-23(19-36(26)27)22-9-5-11-25(17-22)37(39)40/h1-12,14,16-17,19H,13,15,18H2,(H,34,38). The second-order valence-corrected chi connectivity index (χ2v) is 9.20. The summed E-state index contributed by atoms with van der Waals surface area (Å²) >= 11 is 0. The molecule has 5 aromatic rings. The quantitative estimate of drug-likeness (QED) is 0.171. The van der Waals surface area contributed by atoms with E-state index in [2.05, 4.69) is 5.32 Å². The third kappa shape index (κ3) is 5.85. The van der Waals surface area contributed by atoms with Gasteiger partial charge in [-0.25, -0.2) is 4.98 Å². The maximum atomic E-state index is 13.0. The molecule has 7 nitrogen and oxygen atoms in total. The number of carbonyl (C=O) groups is 1. The fraction of sp³-hybridized carbons (Fsp3) is 0.133. The summed E-state index contributed by atoms with van der Waals surface area (Å²) in [5.74, 6) is -0.318. The number of aromatic nitrogens is 2. The number of nitrogens with zero attached hydrogens (tertiary/aromatic N) is 3. The van der Waals surface area contributed by atoms with Crippen molar-refractivity contribution in [2.75, 3.05) is 0 Å². The second kappa shape index (κ2) is 11.0. The average molecular weight is 545 g/mol. The molecule has 2 aromatic heterocycles. The van der Waals surface area contributed by atoms with E-state index in [0.717, 1.165) is 29.0 Å². The minimum absolute atomic E-state index is 0.0223. The summed E-state index contributed by atoms with van der Waals surface area (Å²) in [7, 11) is 0. The van der Waals surface area contributed by atoms with Crippen molar-refractivity contribution in [3.63, 3.8) is 0 Å². The van der Waals surface area contributed by atoms with E-state index in [0.29, 0.717) is 28.9 Å². The van der Waals surface area contributed by atoms with Crippen LogP contribution in [0.1, 0.15) is 23.2 Å². The molecule has 3 aromatic carbocycles. The van der Waals surface area contributed by atoms with E-state index in [-0.39, 0.29) is 24.6 Å². The molecule has 0 unspecified atom stereocenters. The highest BCUT2D eigenvalue weighted by Crippen LogP contribution is 2.31. The molecule has 202 valence electrons. The number of hydrogen-bond donors (Lipinski definition) is 1. The van der Waals surface area contributed by atoms with Gasteiger partial charge in [0.2, 0.25) is 5.91 Å². The second-order valence-electron chi connectivity index (χ2n) is 9.20. The molecule has 0 atom stereocenters. The number of nitrogens with one attached hydrogen (secondary N) is 1. The summed E-state index contributed by atoms with van der Waals surface area (Å²) in [6, 6.07) is 24.3. The molecule has 0 aliphatic heterocycles. The van der Waals surface area contributed by atoms with Gasteiger partial charge in [-0.3, -0.25) is 14.9 Å². The van der Waals surface area contributed by atoms with Crippen LogP contribution in [0.2, 0.25) is 0 Å². The van der Waals surface area contributed by atoms with Gasteiger partial charge >= 0.3 is 6.18 Å². The topological polar surface area (TPSA) is 89.5 Å². The van der Waals surface area contributed by atoms with Crippen molar-refractivity contribution in [2.24, 2.45) is 0 Å². The van der Waals surface area contributed by atoms with Crippen LogP contribution in [0.15, 0.2) is 97.2 Å². The van der Waals surface area contributed by atoms with Crippen LogP contribution < -0.4 is 5.32 Å². The minimum Gasteiger partial charge on any atom is -0.352 e. The van der Waals surface area contributed by atoms with E-state index in [1.54, 1.807) is 12.1 Å². The Morgan fingerprint density at radius 1 is 0.900 bits per heavy atom. The predicted octanol–water partition coefficient (Wildman–Crippen LogP) is 6.84. The molecule has 0 bridgehead atoms. The molecule has 0 saturated heterocycles. The maximum absolute atomic E-state index is 13.0. The summed E-state index contributed by atoms with van der Waals surface area (Å²) in [6.45, 7) is -0.0294. The number of fused-ring (bicyclic) bond motifs is 1. The molecule has 0 radical (unpaired) electrons. The normalized spacial score (nSPS) is 11.5. The Hall–Kier alpha value is -4.99. The highest BCUT2D eigenvalue weighted by molar-refractivity contribution is 5.77. The molecule has 1 amide bonds. The SMILES string of the molecule is O=C(CCc1c(-c2ccccc2)nc2ccc(-c3cccc([N+](=O)[O-])c3)cn12)NCc1cccc(C(F)(F)F)c1. The van der Waals surface area contributed by atoms with Crippen LogP contribution in [0, 0.1) is 10.1 Å². The summed E-state index contributed by atoms with van der Waals surface area (Å²) in [5, 5.41) is 14.0. The number of benzene rings is 3. The summed E-state index contributed by atoms with van der Waals surface area (Å²) in [5.41, 5.74) is 3.94. The van der Waals surface area contributed by atoms with E-state index >= 15 is 0 Å². The lowest BCUT2D eigenvalue weighted by Gasteiger charge is -2.10. The third-order valence-electron chi connectivity index (χ3n) is 6.49. The molecule has 5 rings (SSSR count). The molecule has 0 aliphatic carbocycles. The summed E-state index contributed by atoms with van der Waals surface area (Å²) < 4.78 is 40.9. The van der Waals surface area contributed by atoms with E-state index in [4.69, 9.17) is 4.98 Å². The highest BCUT2D eigenvalue weighted by atomic mass is 19.4. The van der Waals surface area contributed by atoms with Gasteiger partial charge in [0.15, 0.2) is 0 Å². The van der Waals surface area contributed by atoms with Gasteiger partial charge in [0.1, 0.15) is 5.65 Å². The first kappa shape index (κ1) is 26.6. The van der Waals surface area contributed by atoms with Crippen LogP contribution in [0.5, 0.6) is 0 Å². The number of non-ortho nitro benzene ring substituents is 1. The van der Waals surface area contributed by atoms with E-state index in [9.17, 15) is 28.1 Å². The Morgan fingerprint density at radius 3 is 2.40 bits per heavy atom. The number of alkyl halides is 3. The van der Waals surface area contributed by atoms with E-state index in [1.807, 2.05) is 53.1 Å². The van der Waals surface area contributed by atoms with E-state index < -0.39 is 16.7 Å². The van der Waals surface area contributed by atoms with Crippen LogP contribution >= 0.6 is 0 Å². The van der Waals surface area contributed by atoms with Crippen LogP contribution in [-0.2, 0) is 23.9 Å². The van der Waals surface area contributed by atoms with Gasteiger partial charge in [0.05, 0.1) is 21.9 Å². The van der Waals surface area contributed by atoms with Crippen LogP contribution in [0.4, 0.5) is 18.9 Å². The first-order valence-corrected chi connectivity index (χ1v) is 12.4. The van der Waals surface area contributed by atoms with Crippen molar-refractivity contribution in [3.05, 3.63) is 124 Å². The van der Waals surface area contributed by atoms with E-state index in [1.165, 1.54) is 24.3 Å². The summed E-state index contributed by atoms with van der Waals surface area (Å²) in [4.78, 5) is 28.3. The fourth-order valence-electron chi connectivity index (χ4n) is 4.51. The predicted molar refractivity (Wildman–Crippen MR) is 144 cm³/mol. The monoisotopic (exact) mass is 544 g/mol. The number of nitro benzene ring substituents is 1. The first-order chi connectivity index (χ1) is 19.2. The van der Waals surface area contributed by atoms with Crippen LogP contribution in [-0.4, -0.2) is 20.2 Å². The number of carbonyl (C=O) groups excluding carboxylic acids is 1. The largest absolute Gasteiger partial charge is 0.416 e. The third-order valence-corrected chi connectivity index (χ3v) is 6.49. The van der Waals surface area contributed by atoms with Crippen molar-refractivity contribution >= 4 is 17.2 Å². The number of imidazole rings is 1. The number of aryl methyl sites for hydroxylation is 1. The van der Waals surface area contributed by atoms with Gasteiger partial charge in [-0.1, -0.05) is 54.6 Å². The van der Waals surface area contributed by atoms with Gasteiger partial charge in [0, 0.05) is 36.9 Å². The number of hydrogen-bond acceptors (Lipinski definition) is 4. The Bertz CT molecular complexity index is 1700. The van der Waals surface area contributed by atoms with Crippen molar-refractivity contribution in [3.8, 4) is 22.4 Å². The zero-order chi connectivity index (χ0) is 28.3. The Kier molecular flexibility index (Phi) is 7.33. The Morgan fingerprint density at radius 2 is 1.65 bits per heavy atom. The lowest BCUT2D eigenvalue weighted by Crippen LogP contribution is -2.23. The van der Waals surface area contributed by atoms with Crippen molar-refractivity contribution < 1.29 is 22.9 Å². The molecule has 40 heavy (non-hydrogen) atoms. The van der Waals surface area contributed by atoms with Crippen molar-refractivity contribution in [2.45, 2.75) is 25.6 Å². The number of halogens is 3. The molecule has 1 N–H and O–H groups in total. The molecular formula is C30H23F3N4O3. The van der Waals surface area contributed by atoms with Gasteiger partial charge in [-0.15, -0.1) is 0 Å². The highest BCUT2D eigenvalue weighted by Gasteiger charge is 2.30. The lowest BCUT2D eigenvalue weighted by atomic mass is 10.1. The van der Waals surface area contributed by atoms with Gasteiger partial charge in [0.25, 0.3) is 5.69 Å². The van der Waals surface area contributed by atoms with Crippen LogP contribution in [0.3, 0.4) is 0 Å². The van der Waals surface area contributed by atoms with Gasteiger partial charge < -0.3 is 9.72 Å². The van der Waals surface area contributed by atoms with Gasteiger partial charge in [-0.2, -0.15) is 13.2 Å². The smallest absolute Gasteiger partial charge is 0.352 e. The minimum atomic E-state index is -4.46. The molecule has 0 spiro atoms. The van der Waals surface area contributed by atoms with Crippen LogP contribution in [0.25, 0.3) is 28.0 Å². The zero-order valence-electron chi connectivity index (χ0n) is 21.1. The molecule has 0 fully saturated rings. The number of pyridine rings is 1. The van der Waals surface area contributed by atoms with Crippen molar-refractivity contribution in [1.29, 1.82) is 0 Å². The number of nitro groups is 1. The first-order valence-electron chi connectivity index (χ1n) is 12.4. The number of rotatable bonds is 8. The zero-order valence-corrected chi connectivity index (χ0v) is 21.1. The average Bonchev–Trinajstić information content (AvgIpc) is 3.33. The summed E-state index contributed by atoms with van der Waals surface area (Å²) in [6.07, 6.45) is -2.24. The molecule has 0 saturated carbocycles.